The van der Waals surface area contributed by atoms with E-state index < -0.39 is 11.6 Å². The van der Waals surface area contributed by atoms with Crippen LogP contribution >= 0.6 is 0 Å². The van der Waals surface area contributed by atoms with E-state index in [1.54, 1.807) is 6.07 Å². The Morgan fingerprint density at radius 1 is 1.19 bits per heavy atom. The maximum Gasteiger partial charge on any atom is 0.131 e. The average Bonchev–Trinajstić information content (AvgIpc) is 2.45. The third-order valence-electron chi connectivity index (χ3n) is 3.92. The van der Waals surface area contributed by atoms with E-state index in [1.165, 1.54) is 11.1 Å². The molecule has 1 aliphatic carbocycles. The molecule has 2 aromatic carbocycles. The highest BCUT2D eigenvalue weighted by molar-refractivity contribution is 5.40. The van der Waals surface area contributed by atoms with Crippen LogP contribution in [0.2, 0.25) is 0 Å². The minimum atomic E-state index is -0.673. The van der Waals surface area contributed by atoms with Gasteiger partial charge in [-0.25, -0.2) is 8.78 Å². The van der Waals surface area contributed by atoms with Crippen LogP contribution in [0, 0.1) is 23.0 Å². The van der Waals surface area contributed by atoms with Crippen LogP contribution in [0.15, 0.2) is 36.4 Å². The Bertz CT molecular complexity index is 696. The summed E-state index contributed by atoms with van der Waals surface area (Å²) < 4.78 is 27.5. The van der Waals surface area contributed by atoms with E-state index >= 15 is 0 Å². The van der Waals surface area contributed by atoms with Crippen LogP contribution in [0.25, 0.3) is 0 Å². The molecule has 0 fully saturated rings. The Hall–Kier alpha value is -2.25. The summed E-state index contributed by atoms with van der Waals surface area (Å²) in [5.74, 6) is -0.938. The molecule has 0 heterocycles. The van der Waals surface area contributed by atoms with Crippen molar-refractivity contribution in [3.05, 3.63) is 70.3 Å². The maximum absolute atomic E-state index is 13.7. The van der Waals surface area contributed by atoms with Crippen LogP contribution in [0.4, 0.5) is 8.78 Å². The van der Waals surface area contributed by atoms with Crippen LogP contribution in [0.5, 0.6) is 0 Å². The standard InChI is InChI=1S/C17H14F2N2/c18-16-5-11(8-20)6-17(19)15(16)10-21-9-13-7-12-3-1-2-4-14(12)13/h1-6,13,21H,7,9-10H2. The topological polar surface area (TPSA) is 35.8 Å². The van der Waals surface area contributed by atoms with E-state index in [9.17, 15) is 8.78 Å². The highest BCUT2D eigenvalue weighted by Gasteiger charge is 2.24. The lowest BCUT2D eigenvalue weighted by Crippen LogP contribution is -2.29. The molecule has 0 amide bonds. The van der Waals surface area contributed by atoms with E-state index in [1.807, 2.05) is 12.1 Å². The van der Waals surface area contributed by atoms with Crippen molar-refractivity contribution >= 4 is 0 Å². The first-order valence-corrected chi connectivity index (χ1v) is 6.85. The van der Waals surface area contributed by atoms with Gasteiger partial charge in [-0.05, 0) is 29.7 Å². The molecule has 2 nitrogen and oxygen atoms in total. The van der Waals surface area contributed by atoms with Crippen molar-refractivity contribution in [2.45, 2.75) is 18.9 Å². The second kappa shape index (κ2) is 5.63. The second-order valence-electron chi connectivity index (χ2n) is 5.26. The van der Waals surface area contributed by atoms with E-state index in [-0.39, 0.29) is 17.7 Å². The van der Waals surface area contributed by atoms with Crippen molar-refractivity contribution in [2.75, 3.05) is 6.54 Å². The van der Waals surface area contributed by atoms with Crippen molar-refractivity contribution in [2.24, 2.45) is 0 Å². The number of halogens is 2. The Morgan fingerprint density at radius 3 is 2.57 bits per heavy atom. The summed E-state index contributed by atoms with van der Waals surface area (Å²) in [5, 5.41) is 11.8. The van der Waals surface area contributed by atoms with Crippen LogP contribution in [-0.2, 0) is 13.0 Å². The molecule has 0 bridgehead atoms. The molecule has 0 spiro atoms. The molecular weight excluding hydrogens is 270 g/mol. The van der Waals surface area contributed by atoms with Gasteiger partial charge in [-0.3, -0.25) is 0 Å². The van der Waals surface area contributed by atoms with Gasteiger partial charge in [0.05, 0.1) is 11.6 Å². The fourth-order valence-electron chi connectivity index (χ4n) is 2.75. The Kier molecular flexibility index (Phi) is 3.68. The highest BCUT2D eigenvalue weighted by Crippen LogP contribution is 2.34. The Balaban J connectivity index is 1.61. The molecule has 1 N–H and O–H groups in total. The van der Waals surface area contributed by atoms with E-state index in [0.717, 1.165) is 18.6 Å². The number of nitriles is 1. The zero-order chi connectivity index (χ0) is 14.8. The largest absolute Gasteiger partial charge is 0.312 e. The number of benzene rings is 2. The molecule has 0 aliphatic heterocycles. The van der Waals surface area contributed by atoms with Crippen molar-refractivity contribution in [1.82, 2.24) is 5.32 Å². The van der Waals surface area contributed by atoms with Gasteiger partial charge in [-0.1, -0.05) is 24.3 Å². The number of rotatable bonds is 4. The quantitative estimate of drug-likeness (QED) is 0.935. The molecule has 106 valence electrons. The average molecular weight is 284 g/mol. The summed E-state index contributed by atoms with van der Waals surface area (Å²) in [6.07, 6.45) is 1.00. The molecular formula is C17H14F2N2. The van der Waals surface area contributed by atoms with Crippen LogP contribution < -0.4 is 5.32 Å². The zero-order valence-corrected chi connectivity index (χ0v) is 11.4. The lowest BCUT2D eigenvalue weighted by molar-refractivity contribution is 0.502. The van der Waals surface area contributed by atoms with Gasteiger partial charge in [0.1, 0.15) is 11.6 Å². The summed E-state index contributed by atoms with van der Waals surface area (Å²) in [5.41, 5.74) is 2.65. The second-order valence-corrected chi connectivity index (χ2v) is 5.26. The zero-order valence-electron chi connectivity index (χ0n) is 11.4. The SMILES string of the molecule is N#Cc1cc(F)c(CNCC2Cc3ccccc32)c(F)c1. The summed E-state index contributed by atoms with van der Waals surface area (Å²) in [6, 6.07) is 12.1. The molecule has 0 saturated carbocycles. The number of fused-ring (bicyclic) bond motifs is 1. The number of nitrogens with one attached hydrogen (secondary N) is 1. The van der Waals surface area contributed by atoms with Gasteiger partial charge < -0.3 is 5.32 Å². The molecule has 4 heteroatoms. The molecule has 1 unspecified atom stereocenters. The van der Waals surface area contributed by atoms with Crippen molar-refractivity contribution in [1.29, 1.82) is 5.26 Å². The number of nitrogens with zero attached hydrogens (tertiary/aromatic N) is 1. The van der Waals surface area contributed by atoms with Gasteiger partial charge in [-0.2, -0.15) is 5.26 Å². The van der Waals surface area contributed by atoms with Gasteiger partial charge in [0.2, 0.25) is 0 Å². The lowest BCUT2D eigenvalue weighted by Gasteiger charge is -2.30. The first-order valence-electron chi connectivity index (χ1n) is 6.85. The van der Waals surface area contributed by atoms with Crippen molar-refractivity contribution in [3.63, 3.8) is 0 Å². The monoisotopic (exact) mass is 284 g/mol. The Labute approximate surface area is 122 Å². The summed E-state index contributed by atoms with van der Waals surface area (Å²) >= 11 is 0. The Morgan fingerprint density at radius 2 is 1.90 bits per heavy atom. The van der Waals surface area contributed by atoms with Gasteiger partial charge >= 0.3 is 0 Å². The third kappa shape index (κ3) is 2.65. The fourth-order valence-corrected chi connectivity index (χ4v) is 2.75. The molecule has 2 aromatic rings. The smallest absolute Gasteiger partial charge is 0.131 e. The number of hydrogen-bond acceptors (Lipinski definition) is 2. The van der Waals surface area contributed by atoms with Gasteiger partial charge in [0.25, 0.3) is 0 Å². The molecule has 0 radical (unpaired) electrons. The van der Waals surface area contributed by atoms with Gasteiger partial charge in [0.15, 0.2) is 0 Å². The first kappa shape index (κ1) is 13.7. The molecule has 1 atom stereocenters. The highest BCUT2D eigenvalue weighted by atomic mass is 19.1. The van der Waals surface area contributed by atoms with Crippen LogP contribution in [-0.4, -0.2) is 6.54 Å². The molecule has 3 rings (SSSR count). The maximum atomic E-state index is 13.7. The molecule has 1 aliphatic rings. The van der Waals surface area contributed by atoms with E-state index in [4.69, 9.17) is 5.26 Å². The van der Waals surface area contributed by atoms with Gasteiger partial charge in [0, 0.05) is 24.6 Å². The minimum absolute atomic E-state index is 0.00155. The fraction of sp³-hybridized carbons (Fsp3) is 0.235. The summed E-state index contributed by atoms with van der Waals surface area (Å²) in [6.45, 7) is 0.817. The summed E-state index contributed by atoms with van der Waals surface area (Å²) in [7, 11) is 0. The van der Waals surface area contributed by atoms with Crippen molar-refractivity contribution in [3.8, 4) is 6.07 Å². The van der Waals surface area contributed by atoms with E-state index in [2.05, 4.69) is 17.4 Å². The van der Waals surface area contributed by atoms with E-state index in [0.29, 0.717) is 12.5 Å². The minimum Gasteiger partial charge on any atom is -0.312 e. The first-order chi connectivity index (χ1) is 10.2. The third-order valence-corrected chi connectivity index (χ3v) is 3.92. The predicted octanol–water partition coefficient (Wildman–Crippen LogP) is 3.27. The van der Waals surface area contributed by atoms with Crippen LogP contribution in [0.3, 0.4) is 0 Å². The number of hydrogen-bond donors (Lipinski definition) is 1. The predicted molar refractivity (Wildman–Crippen MR) is 75.7 cm³/mol. The normalized spacial score (nSPS) is 16.0. The van der Waals surface area contributed by atoms with Crippen LogP contribution in [0.1, 0.15) is 28.2 Å². The molecule has 0 saturated heterocycles. The molecule has 21 heavy (non-hydrogen) atoms. The molecule has 0 aromatic heterocycles. The van der Waals surface area contributed by atoms with Gasteiger partial charge in [-0.15, -0.1) is 0 Å². The summed E-state index contributed by atoms with van der Waals surface area (Å²) in [4.78, 5) is 0. The van der Waals surface area contributed by atoms with Crippen molar-refractivity contribution < 1.29 is 8.78 Å². The lowest BCUT2D eigenvalue weighted by atomic mass is 9.77.